The molecular formula is C53H40N2. The summed E-state index contributed by atoms with van der Waals surface area (Å²) < 4.78 is 0. The Balaban J connectivity index is 1.11. The third-order valence-electron chi connectivity index (χ3n) is 11.7. The largest absolute Gasteiger partial charge is 0.383 e. The molecule has 1 aliphatic carbocycles. The van der Waals surface area contributed by atoms with Crippen molar-refractivity contribution >= 4 is 54.6 Å². The average molecular weight is 705 g/mol. The van der Waals surface area contributed by atoms with Gasteiger partial charge in [-0.1, -0.05) is 178 Å². The van der Waals surface area contributed by atoms with Gasteiger partial charge in [0.2, 0.25) is 0 Å². The van der Waals surface area contributed by atoms with E-state index < -0.39 is 0 Å². The first kappa shape index (κ1) is 32.8. The molecular weight excluding hydrogens is 665 g/mol. The van der Waals surface area contributed by atoms with Gasteiger partial charge in [0.1, 0.15) is 5.84 Å². The van der Waals surface area contributed by atoms with Crippen molar-refractivity contribution in [3.8, 4) is 22.3 Å². The minimum atomic E-state index is -0.118. The Morgan fingerprint density at radius 2 is 1.11 bits per heavy atom. The molecule has 0 aromatic heterocycles. The Morgan fingerprint density at radius 1 is 0.491 bits per heavy atom. The lowest BCUT2D eigenvalue weighted by Gasteiger charge is -2.22. The Morgan fingerprint density at radius 3 is 1.91 bits per heavy atom. The zero-order valence-electron chi connectivity index (χ0n) is 31.1. The smallest absolute Gasteiger partial charge is 0.131 e. The molecule has 2 nitrogen and oxygen atoms in total. The quantitative estimate of drug-likeness (QED) is 0.136. The molecule has 0 heterocycles. The van der Waals surface area contributed by atoms with E-state index in [1.165, 1.54) is 65.9 Å². The predicted octanol–water partition coefficient (Wildman–Crippen LogP) is 13.3. The maximum atomic E-state index is 6.96. The van der Waals surface area contributed by atoms with Crippen LogP contribution in [-0.2, 0) is 11.8 Å². The monoisotopic (exact) mass is 704 g/mol. The molecule has 0 fully saturated rings. The highest BCUT2D eigenvalue weighted by molar-refractivity contribution is 6.12. The molecule has 1 aliphatic rings. The van der Waals surface area contributed by atoms with E-state index in [4.69, 9.17) is 10.7 Å². The molecule has 0 saturated carbocycles. The molecule has 0 unspecified atom stereocenters. The van der Waals surface area contributed by atoms with Crippen LogP contribution in [0.5, 0.6) is 0 Å². The first-order valence-corrected chi connectivity index (χ1v) is 19.1. The van der Waals surface area contributed by atoms with E-state index in [0.717, 1.165) is 39.4 Å². The number of benzene rings is 9. The van der Waals surface area contributed by atoms with Gasteiger partial charge >= 0.3 is 0 Å². The van der Waals surface area contributed by atoms with E-state index in [2.05, 4.69) is 196 Å². The maximum absolute atomic E-state index is 6.96. The van der Waals surface area contributed by atoms with Crippen LogP contribution in [0.25, 0.3) is 71.0 Å². The summed E-state index contributed by atoms with van der Waals surface area (Å²) >= 11 is 0. The van der Waals surface area contributed by atoms with Crippen molar-refractivity contribution in [3.05, 3.63) is 210 Å². The molecule has 55 heavy (non-hydrogen) atoms. The number of rotatable bonds is 6. The lowest BCUT2D eigenvalue weighted by molar-refractivity contribution is 0.661. The van der Waals surface area contributed by atoms with Crippen LogP contribution < -0.4 is 5.73 Å². The molecule has 0 radical (unpaired) electrons. The van der Waals surface area contributed by atoms with Gasteiger partial charge in [-0.3, -0.25) is 0 Å². The van der Waals surface area contributed by atoms with Gasteiger partial charge in [0.05, 0.1) is 5.70 Å². The molecule has 262 valence electrons. The van der Waals surface area contributed by atoms with Crippen LogP contribution >= 0.6 is 0 Å². The summed E-state index contributed by atoms with van der Waals surface area (Å²) in [5.41, 5.74) is 18.8. The summed E-state index contributed by atoms with van der Waals surface area (Å²) in [7, 11) is 0. The van der Waals surface area contributed by atoms with Gasteiger partial charge in [-0.05, 0) is 107 Å². The van der Waals surface area contributed by atoms with Crippen molar-refractivity contribution in [1.82, 2.24) is 0 Å². The summed E-state index contributed by atoms with van der Waals surface area (Å²) in [5.74, 6) is 0.503. The maximum Gasteiger partial charge on any atom is 0.131 e. The Labute approximate surface area is 321 Å². The van der Waals surface area contributed by atoms with Crippen LogP contribution in [-0.4, -0.2) is 5.84 Å². The Kier molecular flexibility index (Phi) is 7.74. The molecule has 2 heteroatoms. The number of aliphatic imine (C=N–C) groups is 1. The summed E-state index contributed by atoms with van der Waals surface area (Å²) in [6.45, 7) is 4.73. The minimum Gasteiger partial charge on any atom is -0.383 e. The summed E-state index contributed by atoms with van der Waals surface area (Å²) in [5, 5.41) is 9.61. The highest BCUT2D eigenvalue weighted by Crippen LogP contribution is 2.51. The minimum absolute atomic E-state index is 0.118. The Hall–Kier alpha value is -6.77. The van der Waals surface area contributed by atoms with E-state index >= 15 is 0 Å². The molecule has 10 rings (SSSR count). The predicted molar refractivity (Wildman–Crippen MR) is 235 cm³/mol. The van der Waals surface area contributed by atoms with Crippen LogP contribution in [0, 0.1) is 0 Å². The number of fused-ring (bicyclic) bond motifs is 7. The summed E-state index contributed by atoms with van der Waals surface area (Å²) in [6.07, 6.45) is 2.96. The van der Waals surface area contributed by atoms with E-state index in [1.54, 1.807) is 0 Å². The molecule has 0 aliphatic heterocycles. The number of hydrogen-bond donors (Lipinski definition) is 1. The van der Waals surface area contributed by atoms with Crippen molar-refractivity contribution in [2.24, 2.45) is 10.7 Å². The first-order valence-electron chi connectivity index (χ1n) is 19.1. The lowest BCUT2D eigenvalue weighted by atomic mass is 9.81. The van der Waals surface area contributed by atoms with Gasteiger partial charge in [0, 0.05) is 16.5 Å². The third kappa shape index (κ3) is 5.61. The normalized spacial score (nSPS) is 13.8. The molecule has 0 saturated heterocycles. The molecule has 0 atom stereocenters. The molecule has 0 spiro atoms. The van der Waals surface area contributed by atoms with Crippen LogP contribution in [0.3, 0.4) is 0 Å². The van der Waals surface area contributed by atoms with Crippen molar-refractivity contribution in [2.75, 3.05) is 0 Å². The zero-order chi connectivity index (χ0) is 37.1. The van der Waals surface area contributed by atoms with E-state index in [-0.39, 0.29) is 5.41 Å². The lowest BCUT2D eigenvalue weighted by Crippen LogP contribution is -2.15. The highest BCUT2D eigenvalue weighted by atomic mass is 14.9. The fourth-order valence-corrected chi connectivity index (χ4v) is 8.80. The van der Waals surface area contributed by atoms with Crippen LogP contribution in [0.1, 0.15) is 41.7 Å². The fourth-order valence-electron chi connectivity index (χ4n) is 8.80. The molecule has 2 N–H and O–H groups in total. The second-order valence-corrected chi connectivity index (χ2v) is 15.3. The standard InChI is InChI=1S/C53H40N2/c1-53(2)49-33-40(25-26-45(49)48-31-38-15-5-6-16-39(38)32-50(48)53)42-27-28-46(44-20-10-9-19-43(42)44)51(29-23-34-22-24-35-12-3-4-14-37(35)30-34)55-52(54)47-21-11-17-36-13-7-8-18-41(36)47/h3-22,24-33H,23H2,1-2H3,(H2,54,55)/b51-29-. The molecule has 9 aromatic rings. The second-order valence-electron chi connectivity index (χ2n) is 15.3. The SMILES string of the molecule is CC1(C)c2cc(-c3ccc(/C(=C/Cc4ccc5ccccc5c4)N=C(N)c4cccc5ccccc45)c4ccccc34)ccc2-c2cc3ccccc3cc21. The molecule has 0 amide bonds. The topological polar surface area (TPSA) is 38.4 Å². The summed E-state index contributed by atoms with van der Waals surface area (Å²) in [4.78, 5) is 5.26. The average Bonchev–Trinajstić information content (AvgIpc) is 3.45. The van der Waals surface area contributed by atoms with Crippen LogP contribution in [0.4, 0.5) is 0 Å². The number of nitrogens with zero attached hydrogens (tertiary/aromatic N) is 1. The number of hydrogen-bond acceptors (Lipinski definition) is 1. The van der Waals surface area contributed by atoms with Crippen LogP contribution in [0.2, 0.25) is 0 Å². The number of nitrogens with two attached hydrogens (primary N) is 1. The van der Waals surface area contributed by atoms with Crippen molar-refractivity contribution in [2.45, 2.75) is 25.7 Å². The van der Waals surface area contributed by atoms with Gasteiger partial charge in [0.15, 0.2) is 0 Å². The van der Waals surface area contributed by atoms with Gasteiger partial charge in [-0.25, -0.2) is 4.99 Å². The van der Waals surface area contributed by atoms with E-state index in [0.29, 0.717) is 5.84 Å². The second kappa shape index (κ2) is 13.0. The van der Waals surface area contributed by atoms with Gasteiger partial charge in [-0.15, -0.1) is 0 Å². The van der Waals surface area contributed by atoms with Crippen LogP contribution in [0.15, 0.2) is 187 Å². The van der Waals surface area contributed by atoms with Crippen molar-refractivity contribution < 1.29 is 0 Å². The third-order valence-corrected chi connectivity index (χ3v) is 11.7. The van der Waals surface area contributed by atoms with Gasteiger partial charge < -0.3 is 5.73 Å². The first-order chi connectivity index (χ1) is 26.9. The number of allylic oxidation sites excluding steroid dienone is 1. The molecule has 0 bridgehead atoms. The summed E-state index contributed by atoms with van der Waals surface area (Å²) in [6, 6.07) is 63.6. The van der Waals surface area contributed by atoms with Crippen molar-refractivity contribution in [1.29, 1.82) is 0 Å². The zero-order valence-corrected chi connectivity index (χ0v) is 31.1. The number of amidine groups is 1. The van der Waals surface area contributed by atoms with E-state index in [9.17, 15) is 0 Å². The highest BCUT2D eigenvalue weighted by Gasteiger charge is 2.36. The van der Waals surface area contributed by atoms with Gasteiger partial charge in [-0.2, -0.15) is 0 Å². The molecule has 9 aromatic carbocycles. The Bertz CT molecular complexity index is 3050. The van der Waals surface area contributed by atoms with E-state index in [1.807, 2.05) is 0 Å². The van der Waals surface area contributed by atoms with Crippen molar-refractivity contribution in [3.63, 3.8) is 0 Å². The fraction of sp³-hybridized carbons (Fsp3) is 0.0755. The van der Waals surface area contributed by atoms with Gasteiger partial charge in [0.25, 0.3) is 0 Å².